The highest BCUT2D eigenvalue weighted by Gasteiger charge is 2.39. The lowest BCUT2D eigenvalue weighted by molar-refractivity contribution is -0.134. The number of nitrogens with zero attached hydrogens (tertiary/aromatic N) is 3. The van der Waals surface area contributed by atoms with Crippen LogP contribution in [0.3, 0.4) is 0 Å². The molecule has 3 heterocycles. The average molecular weight is 493 g/mol. The van der Waals surface area contributed by atoms with Crippen LogP contribution in [0, 0.1) is 5.82 Å². The van der Waals surface area contributed by atoms with Crippen molar-refractivity contribution in [3.63, 3.8) is 0 Å². The molecule has 1 aromatic carbocycles. The highest BCUT2D eigenvalue weighted by Crippen LogP contribution is 2.36. The average Bonchev–Trinajstić information content (AvgIpc) is 3.42. The van der Waals surface area contributed by atoms with Gasteiger partial charge in [0.1, 0.15) is 16.5 Å². The fourth-order valence-electron chi connectivity index (χ4n) is 3.26. The van der Waals surface area contributed by atoms with Crippen LogP contribution in [0.4, 0.5) is 17.6 Å². The molecule has 34 heavy (non-hydrogen) atoms. The molecule has 1 amide bonds. The van der Waals surface area contributed by atoms with Gasteiger partial charge in [-0.15, -0.1) is 11.3 Å². The number of aromatic nitrogens is 4. The normalized spacial score (nSPS) is 11.8. The summed E-state index contributed by atoms with van der Waals surface area (Å²) >= 11 is 0.432. The number of pyridine rings is 1. The third kappa shape index (κ3) is 5.75. The first-order valence-corrected chi connectivity index (χ1v) is 11.2. The van der Waals surface area contributed by atoms with Crippen LogP contribution in [-0.2, 0) is 25.6 Å². The largest absolute Gasteiger partial charge is 0.427 e. The summed E-state index contributed by atoms with van der Waals surface area (Å²) in [5.41, 5.74) is 1.02. The molecule has 4 aromatic rings. The number of carbonyl (C=O) groups is 1. The van der Waals surface area contributed by atoms with Crippen LogP contribution < -0.4 is 10.6 Å². The van der Waals surface area contributed by atoms with E-state index in [0.717, 1.165) is 22.9 Å². The second-order valence-corrected chi connectivity index (χ2v) is 8.43. The zero-order valence-electron chi connectivity index (χ0n) is 17.7. The minimum absolute atomic E-state index is 0.0754. The van der Waals surface area contributed by atoms with E-state index < -0.39 is 28.5 Å². The lowest BCUT2D eigenvalue weighted by atomic mass is 10.3. The molecule has 0 spiro atoms. The van der Waals surface area contributed by atoms with E-state index in [2.05, 4.69) is 30.6 Å². The lowest BCUT2D eigenvalue weighted by Crippen LogP contribution is -2.26. The number of imidazole rings is 1. The maximum atomic E-state index is 13.7. The summed E-state index contributed by atoms with van der Waals surface area (Å²) in [4.78, 5) is 26.7. The molecule has 0 atom stereocenters. The number of carbonyl (C=O) groups excluding carboxylic acids is 1. The molecule has 4 rings (SSSR count). The van der Waals surface area contributed by atoms with Gasteiger partial charge in [0.25, 0.3) is 5.91 Å². The van der Waals surface area contributed by atoms with Crippen LogP contribution in [0.2, 0.25) is 0 Å². The lowest BCUT2D eigenvalue weighted by Gasteiger charge is -2.07. The Hall–Kier alpha value is -3.38. The van der Waals surface area contributed by atoms with Crippen molar-refractivity contribution in [3.05, 3.63) is 75.5 Å². The number of nitrogens with one attached hydrogen (secondary N) is 3. The van der Waals surface area contributed by atoms with Crippen molar-refractivity contribution in [3.8, 4) is 0 Å². The van der Waals surface area contributed by atoms with Gasteiger partial charge in [-0.2, -0.15) is 13.2 Å². The minimum atomic E-state index is -4.73. The zero-order valence-corrected chi connectivity index (χ0v) is 18.6. The molecule has 0 aliphatic carbocycles. The minimum Gasteiger partial charge on any atom is -0.345 e. The number of alkyl halides is 3. The molecule has 0 bridgehead atoms. The molecule has 0 saturated heterocycles. The smallest absolute Gasteiger partial charge is 0.345 e. The molecule has 7 nitrogen and oxygen atoms in total. The second-order valence-electron chi connectivity index (χ2n) is 7.35. The Labute approximate surface area is 195 Å². The highest BCUT2D eigenvalue weighted by molar-refractivity contribution is 7.12. The van der Waals surface area contributed by atoms with Gasteiger partial charge in [0.05, 0.1) is 28.3 Å². The van der Waals surface area contributed by atoms with E-state index in [1.54, 1.807) is 0 Å². The summed E-state index contributed by atoms with van der Waals surface area (Å²) in [5, 5.41) is 5.59. The summed E-state index contributed by atoms with van der Waals surface area (Å²) in [5.74, 6) is -0.880. The number of benzene rings is 1. The third-order valence-corrected chi connectivity index (χ3v) is 6.05. The van der Waals surface area contributed by atoms with E-state index in [9.17, 15) is 22.4 Å². The number of rotatable bonds is 9. The molecular formula is C22H20F4N6OS. The zero-order chi connectivity index (χ0) is 24.1. The maximum absolute atomic E-state index is 13.7. The molecule has 3 N–H and O–H groups in total. The van der Waals surface area contributed by atoms with Gasteiger partial charge >= 0.3 is 6.18 Å². The van der Waals surface area contributed by atoms with Crippen LogP contribution in [-0.4, -0.2) is 38.9 Å². The van der Waals surface area contributed by atoms with E-state index >= 15 is 0 Å². The fourth-order valence-corrected chi connectivity index (χ4v) is 4.19. The summed E-state index contributed by atoms with van der Waals surface area (Å²) in [7, 11) is 0. The second kappa shape index (κ2) is 10.3. The molecule has 0 saturated carbocycles. The molecule has 0 fully saturated rings. The van der Waals surface area contributed by atoms with Crippen molar-refractivity contribution in [1.82, 2.24) is 30.6 Å². The number of fused-ring (bicyclic) bond motifs is 1. The molecule has 0 radical (unpaired) electrons. The first kappa shape index (κ1) is 23.8. The quantitative estimate of drug-likeness (QED) is 0.244. The van der Waals surface area contributed by atoms with Crippen molar-refractivity contribution < 1.29 is 22.4 Å². The van der Waals surface area contributed by atoms with Crippen molar-refractivity contribution in [2.75, 3.05) is 13.1 Å². The topological polar surface area (TPSA) is 95.6 Å². The molecule has 12 heteroatoms. The van der Waals surface area contributed by atoms with Gasteiger partial charge in [-0.25, -0.2) is 14.4 Å². The molecule has 3 aromatic heterocycles. The highest BCUT2D eigenvalue weighted by atomic mass is 32.1. The van der Waals surface area contributed by atoms with Crippen LogP contribution in [0.5, 0.6) is 0 Å². The van der Waals surface area contributed by atoms with Crippen molar-refractivity contribution in [2.45, 2.75) is 25.6 Å². The van der Waals surface area contributed by atoms with Crippen LogP contribution >= 0.6 is 11.3 Å². The number of amides is 1. The molecule has 0 aliphatic rings. The van der Waals surface area contributed by atoms with Gasteiger partial charge in [0.15, 0.2) is 5.69 Å². The monoisotopic (exact) mass is 492 g/mol. The van der Waals surface area contributed by atoms with Gasteiger partial charge in [-0.3, -0.25) is 9.78 Å². The van der Waals surface area contributed by atoms with Crippen molar-refractivity contribution in [2.24, 2.45) is 0 Å². The van der Waals surface area contributed by atoms with Crippen LogP contribution in [0.25, 0.3) is 11.0 Å². The Morgan fingerprint density at radius 3 is 2.62 bits per heavy atom. The fraction of sp³-hybridized carbons (Fsp3) is 0.273. The van der Waals surface area contributed by atoms with Gasteiger partial charge in [-0.05, 0) is 24.3 Å². The van der Waals surface area contributed by atoms with Crippen LogP contribution in [0.1, 0.15) is 31.9 Å². The number of hydrogen-bond acceptors (Lipinski definition) is 6. The van der Waals surface area contributed by atoms with Gasteiger partial charge in [0, 0.05) is 32.1 Å². The predicted octanol–water partition coefficient (Wildman–Crippen LogP) is 3.88. The number of thiazole rings is 1. The van der Waals surface area contributed by atoms with Crippen molar-refractivity contribution in [1.29, 1.82) is 0 Å². The number of hydrogen-bond donors (Lipinski definition) is 3. The Morgan fingerprint density at radius 1 is 1.06 bits per heavy atom. The summed E-state index contributed by atoms with van der Waals surface area (Å²) < 4.78 is 54.0. The number of para-hydroxylation sites is 2. The summed E-state index contributed by atoms with van der Waals surface area (Å²) in [6.07, 6.45) is -2.56. The number of aromatic amines is 1. The molecular weight excluding hydrogens is 472 g/mol. The molecule has 178 valence electrons. The number of H-pyrrole nitrogens is 1. The standard InChI is InChI=1S/C22H20F4N6OS/c23-13-4-3-9-28-16(13)12-29-21(33)19-20(22(24,25)26)34-18(32-19)8-11-27-10-7-17-30-14-5-1-2-6-15(14)31-17/h1-6,9,27H,7-8,10-12H2,(H,29,33)(H,30,31). The molecule has 0 aliphatic heterocycles. The van der Waals surface area contributed by atoms with Crippen LogP contribution in [0.15, 0.2) is 42.6 Å². The van der Waals surface area contributed by atoms with E-state index in [1.165, 1.54) is 12.3 Å². The predicted molar refractivity (Wildman–Crippen MR) is 119 cm³/mol. The van der Waals surface area contributed by atoms with Gasteiger partial charge in [0.2, 0.25) is 0 Å². The van der Waals surface area contributed by atoms with Gasteiger partial charge in [-0.1, -0.05) is 12.1 Å². The van der Waals surface area contributed by atoms with Crippen molar-refractivity contribution >= 4 is 28.3 Å². The summed E-state index contributed by atoms with van der Waals surface area (Å²) in [6.45, 7) is 0.602. The van der Waals surface area contributed by atoms with Gasteiger partial charge < -0.3 is 15.6 Å². The maximum Gasteiger partial charge on any atom is 0.427 e. The Kier molecular flexibility index (Phi) is 7.17. The Morgan fingerprint density at radius 2 is 1.85 bits per heavy atom. The molecule has 0 unspecified atom stereocenters. The van der Waals surface area contributed by atoms with E-state index in [-0.39, 0.29) is 23.7 Å². The van der Waals surface area contributed by atoms with E-state index in [4.69, 9.17) is 0 Å². The SMILES string of the molecule is O=C(NCc1ncccc1F)c1nc(CCNCCc2nc3ccccc3[nH]2)sc1C(F)(F)F. The van der Waals surface area contributed by atoms with E-state index in [0.29, 0.717) is 30.8 Å². The first-order valence-electron chi connectivity index (χ1n) is 10.4. The Balaban J connectivity index is 1.32. The Bertz CT molecular complexity index is 1250. The first-order chi connectivity index (χ1) is 16.3. The van der Waals surface area contributed by atoms with E-state index in [1.807, 2.05) is 24.3 Å². The third-order valence-electron chi connectivity index (χ3n) is 4.89. The summed E-state index contributed by atoms with van der Waals surface area (Å²) in [6, 6.07) is 10.2. The number of halogens is 4.